The van der Waals surface area contributed by atoms with Crippen molar-refractivity contribution >= 4 is 5.97 Å². The number of furan rings is 1. The maximum absolute atomic E-state index is 14.0. The Morgan fingerprint density at radius 3 is 2.73 bits per heavy atom. The fourth-order valence-corrected chi connectivity index (χ4v) is 2.58. The van der Waals surface area contributed by atoms with E-state index in [-0.39, 0.29) is 17.2 Å². The van der Waals surface area contributed by atoms with Gasteiger partial charge in [-0.2, -0.15) is 9.78 Å². The van der Waals surface area contributed by atoms with Crippen LogP contribution in [0.15, 0.2) is 65.5 Å². The molecule has 8 heteroatoms. The van der Waals surface area contributed by atoms with Crippen LogP contribution >= 0.6 is 0 Å². The van der Waals surface area contributed by atoms with E-state index >= 15 is 0 Å². The average molecular weight is 350 g/mol. The Labute approximate surface area is 146 Å². The molecule has 0 saturated heterocycles. The molecule has 0 atom stereocenters. The van der Waals surface area contributed by atoms with Crippen molar-refractivity contribution in [3.8, 4) is 28.7 Å². The molecule has 0 bridgehead atoms. The van der Waals surface area contributed by atoms with Crippen molar-refractivity contribution in [2.75, 3.05) is 0 Å². The van der Waals surface area contributed by atoms with Crippen LogP contribution in [0.5, 0.6) is 0 Å². The second-order valence-corrected chi connectivity index (χ2v) is 5.32. The molecule has 1 N–H and O–H groups in total. The maximum Gasteiger partial charge on any atom is 0.339 e. The summed E-state index contributed by atoms with van der Waals surface area (Å²) in [5.41, 5.74) is 0.806. The molecule has 1 aromatic carbocycles. The van der Waals surface area contributed by atoms with E-state index < -0.39 is 11.8 Å². The van der Waals surface area contributed by atoms with Crippen molar-refractivity contribution in [2.24, 2.45) is 0 Å². The smallest absolute Gasteiger partial charge is 0.339 e. The zero-order valence-electron chi connectivity index (χ0n) is 13.2. The van der Waals surface area contributed by atoms with Crippen molar-refractivity contribution < 1.29 is 18.7 Å². The molecular formula is C18H11FN4O3. The number of nitrogens with zero attached hydrogens (tertiary/aromatic N) is 4. The lowest BCUT2D eigenvalue weighted by Crippen LogP contribution is -2.07. The SMILES string of the molecule is O=C(O)c1cnn(-c2nccc(-c3ccccc3F)n2)c1-c1ccco1. The van der Waals surface area contributed by atoms with Gasteiger partial charge in [-0.3, -0.25) is 0 Å². The molecule has 0 saturated carbocycles. The first-order valence-corrected chi connectivity index (χ1v) is 7.58. The number of hydrogen-bond donors (Lipinski definition) is 1. The quantitative estimate of drug-likeness (QED) is 0.606. The normalized spacial score (nSPS) is 10.8. The van der Waals surface area contributed by atoms with Gasteiger partial charge < -0.3 is 9.52 Å². The van der Waals surface area contributed by atoms with E-state index in [0.29, 0.717) is 17.0 Å². The summed E-state index contributed by atoms with van der Waals surface area (Å²) < 4.78 is 20.6. The van der Waals surface area contributed by atoms with Gasteiger partial charge in [0.25, 0.3) is 5.95 Å². The number of halogens is 1. The van der Waals surface area contributed by atoms with E-state index in [1.807, 2.05) is 0 Å². The Morgan fingerprint density at radius 2 is 2.00 bits per heavy atom. The highest BCUT2D eigenvalue weighted by atomic mass is 19.1. The monoisotopic (exact) mass is 350 g/mol. The van der Waals surface area contributed by atoms with E-state index in [2.05, 4.69) is 15.1 Å². The third-order valence-electron chi connectivity index (χ3n) is 3.74. The van der Waals surface area contributed by atoms with E-state index in [1.54, 1.807) is 36.4 Å². The predicted molar refractivity (Wildman–Crippen MR) is 89.2 cm³/mol. The van der Waals surface area contributed by atoms with Crippen LogP contribution in [0, 0.1) is 5.82 Å². The predicted octanol–water partition coefficient (Wildman–Crippen LogP) is 3.43. The molecule has 128 valence electrons. The molecule has 0 aliphatic rings. The zero-order valence-corrected chi connectivity index (χ0v) is 13.2. The Morgan fingerprint density at radius 1 is 1.15 bits per heavy atom. The number of carboxylic acids is 1. The molecule has 3 heterocycles. The molecule has 0 spiro atoms. The highest BCUT2D eigenvalue weighted by molar-refractivity contribution is 5.94. The summed E-state index contributed by atoms with van der Waals surface area (Å²) in [5.74, 6) is -1.17. The van der Waals surface area contributed by atoms with E-state index in [4.69, 9.17) is 4.42 Å². The lowest BCUT2D eigenvalue weighted by Gasteiger charge is -2.07. The molecule has 0 amide bonds. The van der Waals surface area contributed by atoms with Crippen molar-refractivity contribution in [3.05, 3.63) is 72.5 Å². The van der Waals surface area contributed by atoms with Crippen LogP contribution in [0.2, 0.25) is 0 Å². The summed E-state index contributed by atoms with van der Waals surface area (Å²) in [4.78, 5) is 20.0. The lowest BCUT2D eigenvalue weighted by atomic mass is 10.1. The first-order valence-electron chi connectivity index (χ1n) is 7.58. The number of hydrogen-bond acceptors (Lipinski definition) is 5. The summed E-state index contributed by atoms with van der Waals surface area (Å²) in [5, 5.41) is 13.5. The minimum absolute atomic E-state index is 0.0557. The van der Waals surface area contributed by atoms with Gasteiger partial charge in [-0.25, -0.2) is 19.2 Å². The molecule has 7 nitrogen and oxygen atoms in total. The minimum Gasteiger partial charge on any atom is -0.478 e. The average Bonchev–Trinajstić information content (AvgIpc) is 3.31. The zero-order chi connectivity index (χ0) is 18.1. The number of carboxylic acid groups (broad SMARTS) is 1. The lowest BCUT2D eigenvalue weighted by molar-refractivity contribution is 0.0697. The summed E-state index contributed by atoms with van der Waals surface area (Å²) in [7, 11) is 0. The van der Waals surface area contributed by atoms with Crippen LogP contribution in [0.4, 0.5) is 4.39 Å². The van der Waals surface area contributed by atoms with Crippen LogP contribution in [0.25, 0.3) is 28.7 Å². The number of benzene rings is 1. The number of aromatic carboxylic acids is 1. The second kappa shape index (κ2) is 6.25. The molecule has 0 radical (unpaired) electrons. The highest BCUT2D eigenvalue weighted by Gasteiger charge is 2.23. The summed E-state index contributed by atoms with van der Waals surface area (Å²) >= 11 is 0. The van der Waals surface area contributed by atoms with Crippen molar-refractivity contribution in [1.29, 1.82) is 0 Å². The third kappa shape index (κ3) is 2.63. The molecule has 4 aromatic rings. The van der Waals surface area contributed by atoms with Gasteiger partial charge in [0.1, 0.15) is 17.1 Å². The van der Waals surface area contributed by atoms with Crippen LogP contribution < -0.4 is 0 Å². The Balaban J connectivity index is 1.89. The van der Waals surface area contributed by atoms with Gasteiger partial charge in [0.05, 0.1) is 18.2 Å². The van der Waals surface area contributed by atoms with Crippen molar-refractivity contribution in [1.82, 2.24) is 19.7 Å². The first kappa shape index (κ1) is 15.7. The van der Waals surface area contributed by atoms with Gasteiger partial charge in [-0.1, -0.05) is 12.1 Å². The minimum atomic E-state index is -1.16. The molecular weight excluding hydrogens is 339 g/mol. The molecule has 0 unspecified atom stereocenters. The number of rotatable bonds is 4. The van der Waals surface area contributed by atoms with E-state index in [0.717, 1.165) is 0 Å². The van der Waals surface area contributed by atoms with Crippen molar-refractivity contribution in [2.45, 2.75) is 0 Å². The van der Waals surface area contributed by atoms with Gasteiger partial charge in [-0.05, 0) is 30.3 Å². The second-order valence-electron chi connectivity index (χ2n) is 5.32. The van der Waals surface area contributed by atoms with Crippen LogP contribution in [0.1, 0.15) is 10.4 Å². The van der Waals surface area contributed by atoms with Gasteiger partial charge in [0, 0.05) is 11.8 Å². The molecule has 0 aliphatic carbocycles. The Kier molecular flexibility index (Phi) is 3.77. The van der Waals surface area contributed by atoms with Crippen LogP contribution in [0.3, 0.4) is 0 Å². The molecule has 4 rings (SSSR count). The highest BCUT2D eigenvalue weighted by Crippen LogP contribution is 2.27. The standard InChI is InChI=1S/C18H11FN4O3/c19-13-5-2-1-4-11(13)14-7-8-20-18(22-14)23-16(15-6-3-9-26-15)12(10-21-23)17(24)25/h1-10H,(H,24,25). The summed E-state index contributed by atoms with van der Waals surface area (Å²) in [6.45, 7) is 0. The van der Waals surface area contributed by atoms with Gasteiger partial charge in [0.15, 0.2) is 5.76 Å². The Hall–Kier alpha value is -3.81. The van der Waals surface area contributed by atoms with E-state index in [9.17, 15) is 14.3 Å². The van der Waals surface area contributed by atoms with Gasteiger partial charge >= 0.3 is 5.97 Å². The largest absolute Gasteiger partial charge is 0.478 e. The van der Waals surface area contributed by atoms with Crippen LogP contribution in [-0.2, 0) is 0 Å². The molecule has 26 heavy (non-hydrogen) atoms. The fraction of sp³-hybridized carbons (Fsp3) is 0. The number of aromatic nitrogens is 4. The first-order chi connectivity index (χ1) is 12.6. The summed E-state index contributed by atoms with van der Waals surface area (Å²) in [6, 6.07) is 11.0. The number of carbonyl (C=O) groups is 1. The summed E-state index contributed by atoms with van der Waals surface area (Å²) in [6.07, 6.45) is 4.08. The van der Waals surface area contributed by atoms with Gasteiger partial charge in [-0.15, -0.1) is 0 Å². The molecule has 0 aliphatic heterocycles. The fourth-order valence-electron chi connectivity index (χ4n) is 2.58. The Bertz CT molecular complexity index is 1090. The van der Waals surface area contributed by atoms with Gasteiger partial charge in [0.2, 0.25) is 0 Å². The molecule has 0 fully saturated rings. The van der Waals surface area contributed by atoms with Crippen molar-refractivity contribution in [3.63, 3.8) is 0 Å². The van der Waals surface area contributed by atoms with E-state index in [1.165, 1.54) is 29.4 Å². The van der Waals surface area contributed by atoms with Crippen LogP contribution in [-0.4, -0.2) is 30.8 Å². The molecule has 3 aromatic heterocycles. The maximum atomic E-state index is 14.0. The third-order valence-corrected chi connectivity index (χ3v) is 3.74. The topological polar surface area (TPSA) is 94.0 Å².